The number of carbonyl (C=O) groups excluding carboxylic acids is 1. The number of nitrogens with two attached hydrogens (primary N) is 1. The molecule has 2 unspecified atom stereocenters. The number of hydrogen-bond acceptors (Lipinski definition) is 6. The van der Waals surface area contributed by atoms with E-state index in [2.05, 4.69) is 11.8 Å². The third-order valence-electron chi connectivity index (χ3n) is 6.90. The fraction of sp³-hybridized carbons (Fsp3) is 0.480. The Labute approximate surface area is 194 Å². The van der Waals surface area contributed by atoms with E-state index in [0.29, 0.717) is 17.9 Å². The molecule has 8 heteroatoms. The molecule has 3 aromatic rings. The maximum Gasteiger partial charge on any atom is 0.258 e. The van der Waals surface area contributed by atoms with Crippen molar-refractivity contribution >= 4 is 17.4 Å². The Morgan fingerprint density at radius 1 is 1.15 bits per heavy atom. The van der Waals surface area contributed by atoms with Crippen LogP contribution in [0, 0.1) is 13.8 Å². The van der Waals surface area contributed by atoms with Crippen LogP contribution >= 0.6 is 0 Å². The molecule has 2 atom stereocenters. The zero-order valence-corrected chi connectivity index (χ0v) is 19.6. The molecule has 1 aromatic carbocycles. The normalized spacial score (nSPS) is 21.1. The van der Waals surface area contributed by atoms with Crippen LogP contribution in [-0.4, -0.2) is 58.2 Å². The Morgan fingerprint density at radius 3 is 2.76 bits per heavy atom. The molecule has 174 valence electrons. The van der Waals surface area contributed by atoms with Crippen LogP contribution < -0.4 is 15.4 Å². The van der Waals surface area contributed by atoms with Gasteiger partial charge in [0.25, 0.3) is 5.91 Å². The van der Waals surface area contributed by atoms with Crippen molar-refractivity contribution in [2.45, 2.75) is 51.6 Å². The van der Waals surface area contributed by atoms with Crippen LogP contribution in [0.5, 0.6) is 5.75 Å². The van der Waals surface area contributed by atoms with Crippen LogP contribution in [0.15, 0.2) is 30.5 Å². The summed E-state index contributed by atoms with van der Waals surface area (Å²) in [6.07, 6.45) is 5.95. The van der Waals surface area contributed by atoms with E-state index in [9.17, 15) is 4.79 Å². The van der Waals surface area contributed by atoms with E-state index in [4.69, 9.17) is 20.6 Å². The Balaban J connectivity index is 1.48. The minimum absolute atomic E-state index is 0.00631. The van der Waals surface area contributed by atoms with Gasteiger partial charge in [0, 0.05) is 43.5 Å². The van der Waals surface area contributed by atoms with Gasteiger partial charge in [-0.1, -0.05) is 12.1 Å². The highest BCUT2D eigenvalue weighted by atomic mass is 16.5. The standard InChI is InChI=1S/C25H32N6O2/c1-16-7-6-8-19(23(16)33-3)25(32)30-11-5-4-9-21(30)20-13-22-27-24(17(2)14-31(22)28-20)29-12-10-18(26)15-29/h6-8,13-14,18,21H,4-5,9-12,15,26H2,1-3H3. The molecular weight excluding hydrogens is 416 g/mol. The monoisotopic (exact) mass is 448 g/mol. The fourth-order valence-corrected chi connectivity index (χ4v) is 5.21. The van der Waals surface area contributed by atoms with E-state index in [1.807, 2.05) is 46.8 Å². The molecule has 2 aliphatic rings. The summed E-state index contributed by atoms with van der Waals surface area (Å²) >= 11 is 0. The SMILES string of the molecule is COc1c(C)cccc1C(=O)N1CCCCC1c1cc2nc(N3CCC(N)C3)c(C)cn2n1. The number of hydrogen-bond donors (Lipinski definition) is 1. The molecule has 1 amide bonds. The van der Waals surface area contributed by atoms with Gasteiger partial charge in [-0.05, 0) is 51.2 Å². The number of para-hydroxylation sites is 1. The minimum atomic E-state index is -0.0814. The molecule has 0 spiro atoms. The summed E-state index contributed by atoms with van der Waals surface area (Å²) in [5.74, 6) is 1.61. The average molecular weight is 449 g/mol. The molecule has 0 bridgehead atoms. The van der Waals surface area contributed by atoms with Crippen molar-refractivity contribution in [2.24, 2.45) is 5.73 Å². The first-order valence-electron chi connectivity index (χ1n) is 11.8. The molecule has 2 aliphatic heterocycles. The Hall–Kier alpha value is -3.13. The largest absolute Gasteiger partial charge is 0.496 e. The van der Waals surface area contributed by atoms with Gasteiger partial charge in [0.05, 0.1) is 24.4 Å². The minimum Gasteiger partial charge on any atom is -0.496 e. The van der Waals surface area contributed by atoms with E-state index in [0.717, 1.165) is 67.1 Å². The van der Waals surface area contributed by atoms with Gasteiger partial charge in [0.1, 0.15) is 11.6 Å². The van der Waals surface area contributed by atoms with Gasteiger partial charge >= 0.3 is 0 Å². The van der Waals surface area contributed by atoms with E-state index in [-0.39, 0.29) is 18.0 Å². The van der Waals surface area contributed by atoms with Gasteiger partial charge in [-0.25, -0.2) is 9.50 Å². The molecule has 5 rings (SSSR count). The number of rotatable bonds is 4. The van der Waals surface area contributed by atoms with Gasteiger partial charge < -0.3 is 20.3 Å². The van der Waals surface area contributed by atoms with Gasteiger partial charge in [-0.15, -0.1) is 0 Å². The molecule has 4 heterocycles. The summed E-state index contributed by atoms with van der Waals surface area (Å²) in [7, 11) is 1.62. The number of nitrogens with zero attached hydrogens (tertiary/aromatic N) is 5. The first kappa shape index (κ1) is 21.7. The summed E-state index contributed by atoms with van der Waals surface area (Å²) in [6.45, 7) is 6.49. The third kappa shape index (κ3) is 3.93. The highest BCUT2D eigenvalue weighted by molar-refractivity contribution is 5.97. The summed E-state index contributed by atoms with van der Waals surface area (Å²) in [5.41, 5.74) is 10.4. The summed E-state index contributed by atoms with van der Waals surface area (Å²) in [6, 6.07) is 7.87. The number of methoxy groups -OCH3 is 1. The molecule has 0 radical (unpaired) electrons. The Bertz CT molecular complexity index is 1190. The second-order valence-corrected chi connectivity index (χ2v) is 9.28. The molecule has 0 aliphatic carbocycles. The van der Waals surface area contributed by atoms with E-state index in [1.54, 1.807) is 7.11 Å². The third-order valence-corrected chi connectivity index (χ3v) is 6.90. The number of carbonyl (C=O) groups is 1. The van der Waals surface area contributed by atoms with Gasteiger partial charge in [0.2, 0.25) is 0 Å². The van der Waals surface area contributed by atoms with E-state index >= 15 is 0 Å². The van der Waals surface area contributed by atoms with Gasteiger partial charge in [0.15, 0.2) is 5.65 Å². The molecule has 0 saturated carbocycles. The lowest BCUT2D eigenvalue weighted by atomic mass is 9.97. The number of fused-ring (bicyclic) bond motifs is 1. The number of likely N-dealkylation sites (tertiary alicyclic amines) is 1. The van der Waals surface area contributed by atoms with Crippen LogP contribution in [0.2, 0.25) is 0 Å². The number of ether oxygens (including phenoxy) is 1. The summed E-state index contributed by atoms with van der Waals surface area (Å²) in [5, 5.41) is 4.85. The fourth-order valence-electron chi connectivity index (χ4n) is 5.21. The lowest BCUT2D eigenvalue weighted by Crippen LogP contribution is -2.39. The molecule has 8 nitrogen and oxygen atoms in total. The maximum absolute atomic E-state index is 13.6. The van der Waals surface area contributed by atoms with Crippen LogP contribution in [0.1, 0.15) is 58.9 Å². The number of benzene rings is 1. The van der Waals surface area contributed by atoms with Gasteiger partial charge in [-0.3, -0.25) is 4.79 Å². The first-order chi connectivity index (χ1) is 16.0. The topological polar surface area (TPSA) is 89.0 Å². The lowest BCUT2D eigenvalue weighted by Gasteiger charge is -2.35. The van der Waals surface area contributed by atoms with Crippen molar-refractivity contribution in [1.82, 2.24) is 19.5 Å². The smallest absolute Gasteiger partial charge is 0.258 e. The second-order valence-electron chi connectivity index (χ2n) is 9.28. The number of anilines is 1. The highest BCUT2D eigenvalue weighted by Crippen LogP contribution is 2.34. The Kier molecular flexibility index (Phi) is 5.70. The second kappa shape index (κ2) is 8.67. The molecule has 2 aromatic heterocycles. The molecule has 2 saturated heterocycles. The molecule has 2 N–H and O–H groups in total. The predicted octanol–water partition coefficient (Wildman–Crippen LogP) is 3.26. The van der Waals surface area contributed by atoms with E-state index in [1.165, 1.54) is 0 Å². The number of aryl methyl sites for hydroxylation is 2. The van der Waals surface area contributed by atoms with Crippen molar-refractivity contribution in [3.8, 4) is 5.75 Å². The molecular formula is C25H32N6O2. The first-order valence-corrected chi connectivity index (χ1v) is 11.8. The number of piperidine rings is 1. The molecule has 2 fully saturated rings. The number of aromatic nitrogens is 3. The van der Waals surface area contributed by atoms with Crippen LogP contribution in [0.25, 0.3) is 5.65 Å². The lowest BCUT2D eigenvalue weighted by molar-refractivity contribution is 0.0602. The van der Waals surface area contributed by atoms with Crippen LogP contribution in [0.3, 0.4) is 0 Å². The highest BCUT2D eigenvalue weighted by Gasteiger charge is 2.32. The average Bonchev–Trinajstić information content (AvgIpc) is 3.43. The number of amides is 1. The van der Waals surface area contributed by atoms with Crippen molar-refractivity contribution in [1.29, 1.82) is 0 Å². The zero-order chi connectivity index (χ0) is 23.1. The Morgan fingerprint density at radius 2 is 2.00 bits per heavy atom. The van der Waals surface area contributed by atoms with Crippen molar-refractivity contribution < 1.29 is 9.53 Å². The van der Waals surface area contributed by atoms with Crippen molar-refractivity contribution in [2.75, 3.05) is 31.6 Å². The van der Waals surface area contributed by atoms with Gasteiger partial charge in [-0.2, -0.15) is 5.10 Å². The van der Waals surface area contributed by atoms with Crippen molar-refractivity contribution in [3.63, 3.8) is 0 Å². The predicted molar refractivity (Wildman–Crippen MR) is 128 cm³/mol. The van der Waals surface area contributed by atoms with Crippen molar-refractivity contribution in [3.05, 3.63) is 52.8 Å². The summed E-state index contributed by atoms with van der Waals surface area (Å²) < 4.78 is 7.41. The van der Waals surface area contributed by atoms with Crippen LogP contribution in [0.4, 0.5) is 5.82 Å². The van der Waals surface area contributed by atoms with Crippen LogP contribution in [-0.2, 0) is 0 Å². The quantitative estimate of drug-likeness (QED) is 0.659. The molecule has 33 heavy (non-hydrogen) atoms. The van der Waals surface area contributed by atoms with E-state index < -0.39 is 0 Å². The maximum atomic E-state index is 13.6. The zero-order valence-electron chi connectivity index (χ0n) is 19.6. The summed E-state index contributed by atoms with van der Waals surface area (Å²) in [4.78, 5) is 22.8.